The fourth-order valence-electron chi connectivity index (χ4n) is 2.05. The molecule has 0 aliphatic heterocycles. The molecule has 0 saturated heterocycles. The van der Waals surface area contributed by atoms with Gasteiger partial charge in [-0.3, -0.25) is 9.10 Å². The van der Waals surface area contributed by atoms with Gasteiger partial charge in [0.15, 0.2) is 0 Å². The molecule has 0 spiro atoms. The van der Waals surface area contributed by atoms with Crippen LogP contribution in [0.15, 0.2) is 24.3 Å². The van der Waals surface area contributed by atoms with E-state index in [1.54, 1.807) is 29.2 Å². The van der Waals surface area contributed by atoms with Crippen molar-refractivity contribution < 1.29 is 13.2 Å². The highest BCUT2D eigenvalue weighted by Crippen LogP contribution is 2.22. The molecule has 118 valence electrons. The lowest BCUT2D eigenvalue weighted by molar-refractivity contribution is -0.130. The lowest BCUT2D eigenvalue weighted by atomic mass is 10.3. The van der Waals surface area contributed by atoms with Gasteiger partial charge in [0.05, 0.1) is 11.9 Å². The number of halogens is 1. The van der Waals surface area contributed by atoms with Gasteiger partial charge < -0.3 is 4.90 Å². The first kappa shape index (κ1) is 17.8. The van der Waals surface area contributed by atoms with Gasteiger partial charge in [-0.05, 0) is 32.0 Å². The van der Waals surface area contributed by atoms with Gasteiger partial charge in [0, 0.05) is 31.1 Å². The summed E-state index contributed by atoms with van der Waals surface area (Å²) in [6.45, 7) is 5.13. The summed E-state index contributed by atoms with van der Waals surface area (Å²) in [6, 6.07) is 6.59. The van der Waals surface area contributed by atoms with Crippen molar-refractivity contribution in [2.75, 3.05) is 30.2 Å². The van der Waals surface area contributed by atoms with Crippen LogP contribution in [-0.2, 0) is 14.8 Å². The Labute approximate surface area is 131 Å². The molecular formula is C14H21ClN2O3S. The number of benzene rings is 1. The topological polar surface area (TPSA) is 57.7 Å². The van der Waals surface area contributed by atoms with E-state index in [1.165, 1.54) is 4.31 Å². The highest BCUT2D eigenvalue weighted by molar-refractivity contribution is 7.92. The lowest BCUT2D eigenvalue weighted by Crippen LogP contribution is -2.36. The summed E-state index contributed by atoms with van der Waals surface area (Å²) in [5, 5.41) is 0.455. The number of carbonyl (C=O) groups is 1. The molecule has 1 aromatic rings. The summed E-state index contributed by atoms with van der Waals surface area (Å²) in [4.78, 5) is 13.7. The first-order chi connectivity index (χ1) is 9.79. The van der Waals surface area contributed by atoms with Crippen LogP contribution in [0.2, 0.25) is 5.02 Å². The highest BCUT2D eigenvalue weighted by atomic mass is 35.5. The molecule has 0 aliphatic carbocycles. The van der Waals surface area contributed by atoms with Crippen molar-refractivity contribution >= 4 is 33.2 Å². The van der Waals surface area contributed by atoms with E-state index >= 15 is 0 Å². The zero-order valence-electron chi connectivity index (χ0n) is 12.5. The minimum absolute atomic E-state index is 0.0596. The fourth-order valence-corrected chi connectivity index (χ4v) is 3.15. The van der Waals surface area contributed by atoms with Crippen molar-refractivity contribution in [1.82, 2.24) is 4.90 Å². The van der Waals surface area contributed by atoms with E-state index in [9.17, 15) is 13.2 Å². The molecule has 1 amide bonds. The molecule has 21 heavy (non-hydrogen) atoms. The molecule has 1 rings (SSSR count). The summed E-state index contributed by atoms with van der Waals surface area (Å²) in [5.74, 6) is -0.0596. The molecule has 0 saturated carbocycles. The van der Waals surface area contributed by atoms with Gasteiger partial charge >= 0.3 is 0 Å². The van der Waals surface area contributed by atoms with E-state index in [0.717, 1.165) is 6.26 Å². The molecule has 0 unspecified atom stereocenters. The van der Waals surface area contributed by atoms with Crippen LogP contribution in [0.4, 0.5) is 5.69 Å². The second kappa shape index (κ2) is 7.66. The molecule has 5 nitrogen and oxygen atoms in total. The minimum Gasteiger partial charge on any atom is -0.343 e. The van der Waals surface area contributed by atoms with Crippen LogP contribution >= 0.6 is 11.6 Å². The van der Waals surface area contributed by atoms with E-state index in [1.807, 2.05) is 13.8 Å². The predicted molar refractivity (Wildman–Crippen MR) is 86.2 cm³/mol. The molecule has 0 fully saturated rings. The zero-order chi connectivity index (χ0) is 16.0. The molecule has 1 aromatic carbocycles. The fraction of sp³-hybridized carbons (Fsp3) is 0.500. The van der Waals surface area contributed by atoms with E-state index in [-0.39, 0.29) is 18.9 Å². The summed E-state index contributed by atoms with van der Waals surface area (Å²) >= 11 is 5.90. The molecule has 0 aromatic heterocycles. The van der Waals surface area contributed by atoms with Gasteiger partial charge in [-0.25, -0.2) is 8.42 Å². The summed E-state index contributed by atoms with van der Waals surface area (Å²) in [6.07, 6.45) is 1.26. The van der Waals surface area contributed by atoms with Gasteiger partial charge in [0.1, 0.15) is 0 Å². The Morgan fingerprint density at radius 1 is 1.24 bits per heavy atom. The van der Waals surface area contributed by atoms with Crippen molar-refractivity contribution in [2.45, 2.75) is 20.3 Å². The maximum Gasteiger partial charge on any atom is 0.232 e. The predicted octanol–water partition coefficient (Wildman–Crippen LogP) is 2.36. The van der Waals surface area contributed by atoms with E-state index in [2.05, 4.69) is 0 Å². The number of hydrogen-bond donors (Lipinski definition) is 0. The van der Waals surface area contributed by atoms with E-state index in [4.69, 9.17) is 11.6 Å². The Morgan fingerprint density at radius 2 is 1.86 bits per heavy atom. The molecule has 0 heterocycles. The number of amides is 1. The SMILES string of the molecule is CCN(CC)C(=O)CCN(c1cccc(Cl)c1)S(C)(=O)=O. The van der Waals surface area contributed by atoms with Crippen molar-refractivity contribution in [1.29, 1.82) is 0 Å². The van der Waals surface area contributed by atoms with Gasteiger partial charge in [-0.1, -0.05) is 17.7 Å². The molecule has 0 atom stereocenters. The van der Waals surface area contributed by atoms with Gasteiger partial charge in [-0.2, -0.15) is 0 Å². The smallest absolute Gasteiger partial charge is 0.232 e. The van der Waals surface area contributed by atoms with Gasteiger partial charge in [-0.15, -0.1) is 0 Å². The van der Waals surface area contributed by atoms with Crippen LogP contribution in [0.1, 0.15) is 20.3 Å². The van der Waals surface area contributed by atoms with Crippen molar-refractivity contribution in [2.24, 2.45) is 0 Å². The second-order valence-electron chi connectivity index (χ2n) is 4.63. The van der Waals surface area contributed by atoms with Crippen LogP contribution in [-0.4, -0.2) is 45.1 Å². The standard InChI is InChI=1S/C14H21ClN2O3S/c1-4-16(5-2)14(18)9-10-17(21(3,19)20)13-8-6-7-12(15)11-13/h6-8,11H,4-5,9-10H2,1-3H3. The van der Waals surface area contributed by atoms with Gasteiger partial charge in [0.25, 0.3) is 0 Å². The third-order valence-corrected chi connectivity index (χ3v) is 4.57. The number of anilines is 1. The van der Waals surface area contributed by atoms with Crippen molar-refractivity contribution in [3.05, 3.63) is 29.3 Å². The minimum atomic E-state index is -3.47. The van der Waals surface area contributed by atoms with E-state index < -0.39 is 10.0 Å². The molecule has 0 N–H and O–H groups in total. The second-order valence-corrected chi connectivity index (χ2v) is 6.97. The Bertz CT molecular complexity index is 586. The van der Waals surface area contributed by atoms with Crippen molar-refractivity contribution in [3.63, 3.8) is 0 Å². The van der Waals surface area contributed by atoms with E-state index in [0.29, 0.717) is 23.8 Å². The van der Waals surface area contributed by atoms with Gasteiger partial charge in [0.2, 0.25) is 15.9 Å². The third kappa shape index (κ3) is 5.21. The number of hydrogen-bond acceptors (Lipinski definition) is 3. The number of rotatable bonds is 7. The third-order valence-electron chi connectivity index (χ3n) is 3.14. The largest absolute Gasteiger partial charge is 0.343 e. The number of sulfonamides is 1. The van der Waals surface area contributed by atoms with Crippen LogP contribution in [0, 0.1) is 0 Å². The highest BCUT2D eigenvalue weighted by Gasteiger charge is 2.20. The maximum atomic E-state index is 12.0. The quantitative estimate of drug-likeness (QED) is 0.770. The van der Waals surface area contributed by atoms with Crippen LogP contribution in [0.5, 0.6) is 0 Å². The molecule has 0 aliphatic rings. The first-order valence-corrected chi connectivity index (χ1v) is 9.03. The first-order valence-electron chi connectivity index (χ1n) is 6.80. The van der Waals surface area contributed by atoms with Crippen LogP contribution < -0.4 is 4.31 Å². The monoisotopic (exact) mass is 332 g/mol. The maximum absolute atomic E-state index is 12.0. The Hall–Kier alpha value is -1.27. The van der Waals surface area contributed by atoms with Crippen LogP contribution in [0.3, 0.4) is 0 Å². The zero-order valence-corrected chi connectivity index (χ0v) is 14.1. The average molecular weight is 333 g/mol. The Balaban J connectivity index is 2.89. The number of nitrogens with zero attached hydrogens (tertiary/aromatic N) is 2. The van der Waals surface area contributed by atoms with Crippen LogP contribution in [0.25, 0.3) is 0 Å². The summed E-state index contributed by atoms with van der Waals surface area (Å²) < 4.78 is 25.1. The Morgan fingerprint density at radius 3 is 2.33 bits per heavy atom. The lowest BCUT2D eigenvalue weighted by Gasteiger charge is -2.24. The van der Waals surface area contributed by atoms with Crippen molar-refractivity contribution in [3.8, 4) is 0 Å². The molecule has 0 bridgehead atoms. The molecule has 7 heteroatoms. The molecule has 0 radical (unpaired) electrons. The number of carbonyl (C=O) groups excluding carboxylic acids is 1. The summed E-state index contributed by atoms with van der Waals surface area (Å²) in [5.41, 5.74) is 0.470. The summed E-state index contributed by atoms with van der Waals surface area (Å²) in [7, 11) is -3.47. The molecular weight excluding hydrogens is 312 g/mol. The Kier molecular flexibility index (Phi) is 6.48. The average Bonchev–Trinajstić information content (AvgIpc) is 2.39. The normalized spacial score (nSPS) is 11.2.